The molecule has 0 spiro atoms. The average molecular weight is 341 g/mol. The Balaban J connectivity index is 0.00000264. The highest BCUT2D eigenvalue weighted by Gasteiger charge is 2.15. The fraction of sp³-hybridized carbons (Fsp3) is 0.143. The van der Waals surface area contributed by atoms with Gasteiger partial charge >= 0.3 is 5.97 Å². The minimum atomic E-state index is -0.899. The van der Waals surface area contributed by atoms with Crippen molar-refractivity contribution in [2.75, 3.05) is 6.61 Å². The van der Waals surface area contributed by atoms with Crippen LogP contribution in [0.4, 0.5) is 0 Å². The van der Waals surface area contributed by atoms with Gasteiger partial charge in [0, 0.05) is 18.2 Å². The van der Waals surface area contributed by atoms with E-state index in [1.54, 1.807) is 24.3 Å². The second kappa shape index (κ2) is 8.54. The number of aromatic hydroxyl groups is 1. The SMILES string of the molecule is Cl.O=C(Oc1ncccc1CCO[N+](=O)[O-])c1ccccc1O. The number of carbonyl (C=O) groups is 1. The molecule has 9 heteroatoms. The molecule has 0 bridgehead atoms. The Kier molecular flexibility index (Phi) is 6.75. The van der Waals surface area contributed by atoms with Crippen LogP contribution in [0.3, 0.4) is 0 Å². The molecule has 0 saturated heterocycles. The summed E-state index contributed by atoms with van der Waals surface area (Å²) < 4.78 is 5.13. The number of rotatable bonds is 6. The summed E-state index contributed by atoms with van der Waals surface area (Å²) in [5.74, 6) is -0.961. The summed E-state index contributed by atoms with van der Waals surface area (Å²) >= 11 is 0. The molecule has 0 aliphatic heterocycles. The fourth-order valence-electron chi connectivity index (χ4n) is 1.73. The highest BCUT2D eigenvalue weighted by Crippen LogP contribution is 2.20. The summed E-state index contributed by atoms with van der Waals surface area (Å²) in [7, 11) is 0. The van der Waals surface area contributed by atoms with Crippen LogP contribution in [0.25, 0.3) is 0 Å². The van der Waals surface area contributed by atoms with Gasteiger partial charge in [0.05, 0.1) is 0 Å². The van der Waals surface area contributed by atoms with Gasteiger partial charge in [-0.3, -0.25) is 0 Å². The third kappa shape index (κ3) is 5.11. The first-order valence-corrected chi connectivity index (χ1v) is 6.29. The quantitative estimate of drug-likeness (QED) is 0.487. The molecule has 8 nitrogen and oxygen atoms in total. The minimum absolute atomic E-state index is 0. The van der Waals surface area contributed by atoms with Gasteiger partial charge in [-0.2, -0.15) is 0 Å². The summed E-state index contributed by atoms with van der Waals surface area (Å²) in [5.41, 5.74) is 0.480. The van der Waals surface area contributed by atoms with Crippen LogP contribution in [0.15, 0.2) is 42.6 Å². The van der Waals surface area contributed by atoms with E-state index in [1.807, 2.05) is 0 Å². The molecule has 0 amide bonds. The van der Waals surface area contributed by atoms with Gasteiger partial charge in [0.1, 0.15) is 17.9 Å². The van der Waals surface area contributed by atoms with Crippen molar-refractivity contribution in [1.82, 2.24) is 4.98 Å². The first-order valence-electron chi connectivity index (χ1n) is 6.29. The van der Waals surface area contributed by atoms with Crippen molar-refractivity contribution >= 4 is 18.4 Å². The number of nitrogens with zero attached hydrogens (tertiary/aromatic N) is 2. The maximum absolute atomic E-state index is 12.0. The molecule has 0 saturated carbocycles. The summed E-state index contributed by atoms with van der Waals surface area (Å²) in [5, 5.41) is 18.8. The Bertz CT molecular complexity index is 694. The highest BCUT2D eigenvalue weighted by atomic mass is 35.5. The minimum Gasteiger partial charge on any atom is -0.507 e. The molecule has 23 heavy (non-hydrogen) atoms. The molecule has 0 fully saturated rings. The van der Waals surface area contributed by atoms with Gasteiger partial charge in [0.25, 0.3) is 5.09 Å². The molecule has 1 heterocycles. The largest absolute Gasteiger partial charge is 0.507 e. The zero-order valence-corrected chi connectivity index (χ0v) is 12.6. The summed E-state index contributed by atoms with van der Waals surface area (Å²) in [6.07, 6.45) is 1.57. The van der Waals surface area contributed by atoms with E-state index in [0.29, 0.717) is 5.56 Å². The van der Waals surface area contributed by atoms with Gasteiger partial charge in [-0.25, -0.2) is 9.78 Å². The first kappa shape index (κ1) is 18.2. The summed E-state index contributed by atoms with van der Waals surface area (Å²) in [4.78, 5) is 30.3. The standard InChI is InChI=1S/C14H12N2O6.ClH/c17-12-6-2-1-5-11(12)14(18)22-13-10(4-3-8-15-13)7-9-21-16(19)20;/h1-6,8,17H,7,9H2;1H. The van der Waals surface area contributed by atoms with Crippen molar-refractivity contribution in [3.05, 3.63) is 63.8 Å². The van der Waals surface area contributed by atoms with Crippen molar-refractivity contribution < 1.29 is 24.6 Å². The van der Waals surface area contributed by atoms with Crippen LogP contribution in [-0.2, 0) is 11.3 Å². The lowest BCUT2D eigenvalue weighted by molar-refractivity contribution is -0.757. The number of carbonyl (C=O) groups excluding carboxylic acids is 1. The Morgan fingerprint density at radius 2 is 2.00 bits per heavy atom. The van der Waals surface area contributed by atoms with Gasteiger partial charge < -0.3 is 14.7 Å². The first-order chi connectivity index (χ1) is 10.6. The third-order valence-corrected chi connectivity index (χ3v) is 2.73. The van der Waals surface area contributed by atoms with Crippen LogP contribution < -0.4 is 4.74 Å². The van der Waals surface area contributed by atoms with Crippen LogP contribution >= 0.6 is 12.4 Å². The number of ether oxygens (including phenoxy) is 1. The maximum atomic E-state index is 12.0. The number of hydrogen-bond acceptors (Lipinski definition) is 7. The van der Waals surface area contributed by atoms with E-state index in [1.165, 1.54) is 18.3 Å². The van der Waals surface area contributed by atoms with E-state index in [9.17, 15) is 20.0 Å². The number of para-hydroxylation sites is 1. The Morgan fingerprint density at radius 3 is 2.70 bits per heavy atom. The maximum Gasteiger partial charge on any atom is 0.348 e. The predicted molar refractivity (Wildman–Crippen MR) is 81.2 cm³/mol. The Morgan fingerprint density at radius 1 is 1.26 bits per heavy atom. The normalized spacial score (nSPS) is 9.57. The van der Waals surface area contributed by atoms with Gasteiger partial charge in [-0.1, -0.05) is 18.2 Å². The van der Waals surface area contributed by atoms with E-state index in [0.717, 1.165) is 0 Å². The summed E-state index contributed by atoms with van der Waals surface area (Å²) in [6, 6.07) is 9.16. The van der Waals surface area contributed by atoms with E-state index < -0.39 is 11.1 Å². The molecule has 0 radical (unpaired) electrons. The Labute approximate surface area is 137 Å². The molecule has 1 aromatic carbocycles. The van der Waals surface area contributed by atoms with Crippen molar-refractivity contribution in [2.45, 2.75) is 6.42 Å². The average Bonchev–Trinajstić information content (AvgIpc) is 2.49. The van der Waals surface area contributed by atoms with E-state index in [4.69, 9.17) is 4.74 Å². The molecule has 0 aliphatic carbocycles. The third-order valence-electron chi connectivity index (χ3n) is 2.73. The second-order valence-electron chi connectivity index (χ2n) is 4.18. The van der Waals surface area contributed by atoms with E-state index >= 15 is 0 Å². The van der Waals surface area contributed by atoms with Crippen LogP contribution in [0, 0.1) is 10.1 Å². The summed E-state index contributed by atoms with van der Waals surface area (Å²) in [6.45, 7) is -0.181. The monoisotopic (exact) mass is 340 g/mol. The molecule has 122 valence electrons. The molecular formula is C14H13ClN2O6. The lowest BCUT2D eigenvalue weighted by atomic mass is 10.2. The molecular weight excluding hydrogens is 328 g/mol. The topological polar surface area (TPSA) is 112 Å². The smallest absolute Gasteiger partial charge is 0.348 e. The van der Waals surface area contributed by atoms with Gasteiger partial charge in [-0.05, 0) is 18.2 Å². The number of benzene rings is 1. The van der Waals surface area contributed by atoms with Gasteiger partial charge in [0.15, 0.2) is 0 Å². The number of halogens is 1. The molecule has 0 aliphatic rings. The lowest BCUT2D eigenvalue weighted by Gasteiger charge is -2.09. The predicted octanol–water partition coefficient (Wildman–Crippen LogP) is 2.18. The van der Waals surface area contributed by atoms with Crippen LogP contribution in [0.1, 0.15) is 15.9 Å². The number of hydrogen-bond donors (Lipinski definition) is 1. The fourth-order valence-corrected chi connectivity index (χ4v) is 1.73. The van der Waals surface area contributed by atoms with Crippen molar-refractivity contribution in [3.8, 4) is 11.6 Å². The molecule has 1 aromatic heterocycles. The van der Waals surface area contributed by atoms with E-state index in [-0.39, 0.29) is 42.6 Å². The molecule has 0 unspecified atom stereocenters. The molecule has 2 aromatic rings. The molecule has 0 atom stereocenters. The van der Waals surface area contributed by atoms with Gasteiger partial charge in [-0.15, -0.1) is 22.5 Å². The van der Waals surface area contributed by atoms with Crippen molar-refractivity contribution in [1.29, 1.82) is 0 Å². The number of phenols is 1. The molecule has 2 rings (SSSR count). The number of aromatic nitrogens is 1. The highest BCUT2D eigenvalue weighted by molar-refractivity contribution is 5.93. The van der Waals surface area contributed by atoms with Gasteiger partial charge in [0.2, 0.25) is 5.88 Å². The van der Waals surface area contributed by atoms with Crippen LogP contribution in [-0.4, -0.2) is 27.8 Å². The van der Waals surface area contributed by atoms with E-state index in [2.05, 4.69) is 9.82 Å². The Hall–Kier alpha value is -2.87. The number of esters is 1. The van der Waals surface area contributed by atoms with Crippen LogP contribution in [0.5, 0.6) is 11.6 Å². The lowest BCUT2D eigenvalue weighted by Crippen LogP contribution is -2.12. The number of pyridine rings is 1. The number of phenolic OH excluding ortho intramolecular Hbond substituents is 1. The zero-order valence-electron chi connectivity index (χ0n) is 11.7. The van der Waals surface area contributed by atoms with Crippen LogP contribution in [0.2, 0.25) is 0 Å². The van der Waals surface area contributed by atoms with Crippen molar-refractivity contribution in [3.63, 3.8) is 0 Å². The zero-order chi connectivity index (χ0) is 15.9. The van der Waals surface area contributed by atoms with Crippen molar-refractivity contribution in [2.24, 2.45) is 0 Å². The molecule has 1 N–H and O–H groups in total. The second-order valence-corrected chi connectivity index (χ2v) is 4.18.